The minimum Gasteiger partial charge on any atom is -0.394 e. The van der Waals surface area contributed by atoms with Crippen molar-refractivity contribution in [3.05, 3.63) is 78.1 Å². The first-order valence-corrected chi connectivity index (χ1v) is 19.7. The van der Waals surface area contributed by atoms with E-state index in [0.29, 0.717) is 0 Å². The molecule has 314 valence electrons. The van der Waals surface area contributed by atoms with Crippen molar-refractivity contribution < 1.29 is 71.6 Å². The molecule has 6 heterocycles. The van der Waals surface area contributed by atoms with E-state index in [9.17, 15) is 58.5 Å². The number of nitrogens with two attached hydrogens (primary N) is 2. The summed E-state index contributed by atoms with van der Waals surface area (Å²) in [7, 11) is -10.6. The molecule has 27 nitrogen and oxygen atoms in total. The van der Waals surface area contributed by atoms with E-state index in [1.54, 1.807) is 0 Å². The van der Waals surface area contributed by atoms with Crippen LogP contribution in [0.5, 0.6) is 0 Å². The summed E-state index contributed by atoms with van der Waals surface area (Å²) in [6.45, 7) is -1.36. The Morgan fingerprint density at radius 1 is 0.807 bits per heavy atom. The topological polar surface area (TPSA) is 397 Å². The zero-order chi connectivity index (χ0) is 41.6. The smallest absolute Gasteiger partial charge is 0.394 e. The fourth-order valence-electron chi connectivity index (χ4n) is 6.22. The number of hydrogen-bond donors (Lipinski definition) is 9. The number of H-pyrrole nitrogens is 1. The highest BCUT2D eigenvalue weighted by molar-refractivity contribution is 7.47. The van der Waals surface area contributed by atoms with Crippen molar-refractivity contribution in [2.24, 2.45) is 0 Å². The first kappa shape index (κ1) is 42.6. The Labute approximate surface area is 317 Å². The number of hydrogen-bond acceptors (Lipinski definition) is 21. The van der Waals surface area contributed by atoms with Crippen molar-refractivity contribution in [3.8, 4) is 0 Å². The first-order valence-electron chi connectivity index (χ1n) is 16.7. The van der Waals surface area contributed by atoms with Crippen LogP contribution in [-0.2, 0) is 41.4 Å². The molecule has 29 heteroatoms. The maximum absolute atomic E-state index is 13.2. The molecule has 57 heavy (non-hydrogen) atoms. The van der Waals surface area contributed by atoms with Crippen LogP contribution < -0.4 is 34.1 Å². The molecular weight excluding hydrogens is 814 g/mol. The highest BCUT2D eigenvalue weighted by atomic mass is 31.2. The van der Waals surface area contributed by atoms with Crippen molar-refractivity contribution in [2.75, 3.05) is 31.3 Å². The molecule has 3 aromatic heterocycles. The predicted octanol–water partition coefficient (Wildman–Crippen LogP) is -4.32. The molecule has 6 rings (SSSR count). The summed E-state index contributed by atoms with van der Waals surface area (Å²) >= 11 is 0. The summed E-state index contributed by atoms with van der Waals surface area (Å²) in [6, 6.07) is 2.36. The van der Waals surface area contributed by atoms with Gasteiger partial charge in [0.25, 0.3) is 5.56 Å². The third-order valence-corrected chi connectivity index (χ3v) is 11.0. The molecule has 3 aliphatic rings. The monoisotopic (exact) mass is 852 g/mol. The molecule has 0 aromatic carbocycles. The fourth-order valence-corrected chi connectivity index (χ4v) is 8.15. The third kappa shape index (κ3) is 9.33. The number of ether oxygens (including phenoxy) is 3. The number of rotatable bonds is 14. The average molecular weight is 853 g/mol. The maximum Gasteiger partial charge on any atom is 0.472 e. The van der Waals surface area contributed by atoms with Crippen molar-refractivity contribution in [1.29, 1.82) is 0 Å². The molecule has 0 radical (unpaired) electrons. The van der Waals surface area contributed by atoms with Gasteiger partial charge in [0.15, 0.2) is 12.5 Å². The molecule has 3 saturated heterocycles. The number of nitrogen functional groups attached to an aromatic ring is 2. The van der Waals surface area contributed by atoms with Crippen LogP contribution in [-0.4, -0.2) is 128 Å². The van der Waals surface area contributed by atoms with Crippen molar-refractivity contribution in [1.82, 2.24) is 28.7 Å². The second kappa shape index (κ2) is 16.7. The molecule has 0 saturated carbocycles. The van der Waals surface area contributed by atoms with Gasteiger partial charge in [-0.15, -0.1) is 0 Å². The lowest BCUT2D eigenvalue weighted by molar-refractivity contribution is -0.0631. The van der Waals surface area contributed by atoms with Gasteiger partial charge in [-0.1, -0.05) is 0 Å². The van der Waals surface area contributed by atoms with Crippen LogP contribution in [0.3, 0.4) is 0 Å². The van der Waals surface area contributed by atoms with Gasteiger partial charge in [0.2, 0.25) is 0 Å². The SMILES string of the molecule is Cc1cn([C@H]2C[C@H](O)[C@@H](COP(=O)(O)O[C@H]3[C@@H](O)[C@H](n4ccc(N)nc4=O)O[C@@H]3COP(=O)(O)O[C@H]3[C@@H](O)[C@H](n4ccc(N)nc4=O)O[C@@H]3CO)O2)c(=O)[nH]c1=O. The Bertz CT molecular complexity index is 2290. The van der Waals surface area contributed by atoms with Crippen molar-refractivity contribution in [2.45, 2.75) is 80.9 Å². The van der Waals surface area contributed by atoms with Gasteiger partial charge >= 0.3 is 32.7 Å². The standard InChI is InChI=1S/C28H38N8O19P2/c1-11-7-36(28(44)33-23(11)41)18-6-12(38)14(51-18)9-49-56(45,46)55-22-15(53-25(20(22)40)35-5-3-17(30)32-27(35)43)10-50-57(47,48)54-21-13(8-37)52-24(19(21)39)34-4-2-16(29)31-26(34)42/h2-5,7,12-15,18-22,24-25,37-40H,6,8-10H2,1H3,(H,45,46)(H,47,48)(H2,29,31,42)(H2,30,32,43)(H,33,41,44)/t12-,13+,14+,15+,18+,19+,20+,21+,22+,24+,25+/m0/s1. The number of aromatic amines is 1. The van der Waals surface area contributed by atoms with E-state index < -0.39 is 126 Å². The normalized spacial score (nSPS) is 32.3. The fraction of sp³-hybridized carbons (Fsp3) is 0.571. The number of aromatic nitrogens is 6. The minimum absolute atomic E-state index is 0.151. The Hall–Kier alpha value is -4.02. The van der Waals surface area contributed by atoms with Crippen LogP contribution in [0.1, 0.15) is 30.7 Å². The Morgan fingerprint density at radius 2 is 1.30 bits per heavy atom. The van der Waals surface area contributed by atoms with Gasteiger partial charge in [0.05, 0.1) is 25.9 Å². The summed E-state index contributed by atoms with van der Waals surface area (Å²) < 4.78 is 66.1. The maximum atomic E-state index is 13.2. The molecule has 0 bridgehead atoms. The first-order chi connectivity index (χ1) is 26.8. The summed E-state index contributed by atoms with van der Waals surface area (Å²) in [5, 5.41) is 42.5. The number of anilines is 2. The third-order valence-electron chi connectivity index (χ3n) is 9.02. The molecule has 0 aliphatic carbocycles. The second-order valence-electron chi connectivity index (χ2n) is 13.0. The van der Waals surface area contributed by atoms with Gasteiger partial charge in [-0.05, 0) is 19.1 Å². The van der Waals surface area contributed by atoms with Crippen LogP contribution in [0.2, 0.25) is 0 Å². The van der Waals surface area contributed by atoms with Gasteiger partial charge < -0.3 is 55.9 Å². The van der Waals surface area contributed by atoms with E-state index in [-0.39, 0.29) is 23.6 Å². The van der Waals surface area contributed by atoms with Crippen molar-refractivity contribution >= 4 is 27.3 Å². The summed E-state index contributed by atoms with van der Waals surface area (Å²) in [6.07, 6.45) is -14.9. The number of phosphoric acid groups is 2. The number of aryl methyl sites for hydroxylation is 1. The molecule has 0 amide bonds. The van der Waals surface area contributed by atoms with E-state index >= 15 is 0 Å². The molecule has 0 spiro atoms. The molecule has 3 aliphatic heterocycles. The van der Waals surface area contributed by atoms with E-state index in [1.807, 2.05) is 0 Å². The number of nitrogens with zero attached hydrogens (tertiary/aromatic N) is 5. The van der Waals surface area contributed by atoms with E-state index in [0.717, 1.165) is 32.2 Å². The summed E-state index contributed by atoms with van der Waals surface area (Å²) in [4.78, 5) is 79.5. The average Bonchev–Trinajstić information content (AvgIpc) is 3.76. The number of aliphatic hydroxyl groups excluding tert-OH is 4. The summed E-state index contributed by atoms with van der Waals surface area (Å²) in [5.41, 5.74) is 7.70. The van der Waals surface area contributed by atoms with Gasteiger partial charge in [-0.25, -0.2) is 23.5 Å². The van der Waals surface area contributed by atoms with Gasteiger partial charge in [-0.3, -0.25) is 41.6 Å². The number of aliphatic hydroxyl groups is 4. The molecular formula is C28H38N8O19P2. The minimum atomic E-state index is -5.34. The number of nitrogens with one attached hydrogen (secondary N) is 1. The molecule has 13 atom stereocenters. The summed E-state index contributed by atoms with van der Waals surface area (Å²) in [5.74, 6) is -0.358. The zero-order valence-corrected chi connectivity index (χ0v) is 31.1. The van der Waals surface area contributed by atoms with Gasteiger partial charge in [-0.2, -0.15) is 9.97 Å². The highest BCUT2D eigenvalue weighted by Crippen LogP contribution is 2.52. The van der Waals surface area contributed by atoms with Gasteiger partial charge in [0, 0.05) is 30.6 Å². The van der Waals surface area contributed by atoms with Crippen LogP contribution in [0, 0.1) is 6.92 Å². The van der Waals surface area contributed by atoms with Crippen LogP contribution in [0.25, 0.3) is 0 Å². The zero-order valence-electron chi connectivity index (χ0n) is 29.3. The van der Waals surface area contributed by atoms with Crippen LogP contribution in [0.4, 0.5) is 11.6 Å². The number of phosphoric ester groups is 2. The predicted molar refractivity (Wildman–Crippen MR) is 185 cm³/mol. The van der Waals surface area contributed by atoms with E-state index in [1.165, 1.54) is 19.2 Å². The van der Waals surface area contributed by atoms with Crippen molar-refractivity contribution in [3.63, 3.8) is 0 Å². The molecule has 11 N–H and O–H groups in total. The molecule has 2 unspecified atom stereocenters. The highest BCUT2D eigenvalue weighted by Gasteiger charge is 2.52. The molecule has 3 aromatic rings. The Morgan fingerprint density at radius 3 is 1.81 bits per heavy atom. The largest absolute Gasteiger partial charge is 0.472 e. The van der Waals surface area contributed by atoms with E-state index in [4.69, 9.17) is 43.8 Å². The van der Waals surface area contributed by atoms with Crippen LogP contribution in [0.15, 0.2) is 49.9 Å². The lowest BCUT2D eigenvalue weighted by Crippen LogP contribution is -2.38. The second-order valence-corrected chi connectivity index (χ2v) is 15.8. The quantitative estimate of drug-likeness (QED) is 0.0692. The lowest BCUT2D eigenvalue weighted by Gasteiger charge is -2.25. The van der Waals surface area contributed by atoms with Crippen LogP contribution >= 0.6 is 15.6 Å². The Kier molecular flexibility index (Phi) is 12.5. The van der Waals surface area contributed by atoms with E-state index in [2.05, 4.69) is 15.0 Å². The Balaban J connectivity index is 1.15. The molecule has 3 fully saturated rings. The van der Waals surface area contributed by atoms with Gasteiger partial charge in [0.1, 0.15) is 60.6 Å². The lowest BCUT2D eigenvalue weighted by atomic mass is 10.1.